The number of nitriles is 2. The van der Waals surface area contributed by atoms with Gasteiger partial charge < -0.3 is 25.3 Å². The maximum absolute atomic E-state index is 11.9. The zero-order valence-corrected chi connectivity index (χ0v) is 21.1. The van der Waals surface area contributed by atoms with Crippen LogP contribution in [-0.4, -0.2) is 49.4 Å². The third-order valence-electron chi connectivity index (χ3n) is 5.71. The van der Waals surface area contributed by atoms with Crippen LogP contribution in [0.5, 0.6) is 11.5 Å². The third-order valence-corrected chi connectivity index (χ3v) is 6.76. The van der Waals surface area contributed by atoms with E-state index in [4.69, 9.17) is 19.9 Å². The van der Waals surface area contributed by atoms with Gasteiger partial charge in [-0.3, -0.25) is 9.78 Å². The summed E-state index contributed by atoms with van der Waals surface area (Å²) in [7, 11) is 3.06. The van der Waals surface area contributed by atoms with Crippen LogP contribution in [0, 0.1) is 22.7 Å². The SMILES string of the molecule is CNC(=O)c1cc(CSc2nc(N)c(C#N)c(-c3ccc(OC4CCOC4)c(OC)c3)c2C#N)ccn1. The van der Waals surface area contributed by atoms with Crippen LogP contribution in [0.25, 0.3) is 11.1 Å². The number of amides is 1. The number of nitrogens with one attached hydrogen (secondary N) is 1. The van der Waals surface area contributed by atoms with E-state index in [1.165, 1.54) is 25.9 Å². The molecule has 10 nitrogen and oxygen atoms in total. The predicted molar refractivity (Wildman–Crippen MR) is 137 cm³/mol. The molecule has 4 rings (SSSR count). The first kappa shape index (κ1) is 25.8. The van der Waals surface area contributed by atoms with Gasteiger partial charge >= 0.3 is 0 Å². The average Bonchev–Trinajstić information content (AvgIpc) is 3.44. The molecule has 11 heteroatoms. The Kier molecular flexibility index (Phi) is 8.08. The Balaban J connectivity index is 1.71. The second-order valence-electron chi connectivity index (χ2n) is 8.04. The van der Waals surface area contributed by atoms with Gasteiger partial charge in [-0.15, -0.1) is 11.8 Å². The fourth-order valence-electron chi connectivity index (χ4n) is 3.87. The summed E-state index contributed by atoms with van der Waals surface area (Å²) in [5, 5.41) is 22.9. The molecule has 1 unspecified atom stereocenters. The van der Waals surface area contributed by atoms with Crippen LogP contribution < -0.4 is 20.5 Å². The normalized spacial score (nSPS) is 14.4. The molecule has 3 N–H and O–H groups in total. The number of carbonyl (C=O) groups is 1. The Morgan fingerprint density at radius 3 is 2.73 bits per heavy atom. The number of hydrogen-bond acceptors (Lipinski definition) is 10. The van der Waals surface area contributed by atoms with Gasteiger partial charge in [-0.05, 0) is 35.4 Å². The van der Waals surface area contributed by atoms with Crippen LogP contribution in [-0.2, 0) is 10.5 Å². The van der Waals surface area contributed by atoms with Gasteiger partial charge in [-0.2, -0.15) is 10.5 Å². The van der Waals surface area contributed by atoms with Crippen molar-refractivity contribution in [1.82, 2.24) is 15.3 Å². The summed E-state index contributed by atoms with van der Waals surface area (Å²) in [5.74, 6) is 1.12. The lowest BCUT2D eigenvalue weighted by Crippen LogP contribution is -2.19. The summed E-state index contributed by atoms with van der Waals surface area (Å²) in [4.78, 5) is 20.3. The zero-order valence-electron chi connectivity index (χ0n) is 20.3. The first-order valence-corrected chi connectivity index (χ1v) is 12.3. The number of carbonyl (C=O) groups excluding carboxylic acids is 1. The van der Waals surface area contributed by atoms with Crippen LogP contribution in [0.4, 0.5) is 5.82 Å². The highest BCUT2D eigenvalue weighted by Gasteiger charge is 2.23. The smallest absolute Gasteiger partial charge is 0.269 e. The van der Waals surface area contributed by atoms with Crippen LogP contribution in [0.15, 0.2) is 41.6 Å². The number of nitrogens with two attached hydrogens (primary N) is 1. The highest BCUT2D eigenvalue weighted by atomic mass is 32.2. The van der Waals surface area contributed by atoms with Crippen molar-refractivity contribution in [2.45, 2.75) is 23.3 Å². The monoisotopic (exact) mass is 516 g/mol. The van der Waals surface area contributed by atoms with E-state index in [2.05, 4.69) is 27.4 Å². The fourth-order valence-corrected chi connectivity index (χ4v) is 4.80. The summed E-state index contributed by atoms with van der Waals surface area (Å²) in [6.45, 7) is 1.15. The fraction of sp³-hybridized carbons (Fsp3) is 0.269. The topological polar surface area (TPSA) is 156 Å². The number of rotatable bonds is 8. The van der Waals surface area contributed by atoms with Crippen molar-refractivity contribution in [3.05, 3.63) is 58.9 Å². The summed E-state index contributed by atoms with van der Waals surface area (Å²) >= 11 is 1.28. The molecule has 0 radical (unpaired) electrons. The highest BCUT2D eigenvalue weighted by molar-refractivity contribution is 7.98. The molecule has 1 saturated heterocycles. The van der Waals surface area contributed by atoms with Crippen molar-refractivity contribution in [3.63, 3.8) is 0 Å². The van der Waals surface area contributed by atoms with Crippen molar-refractivity contribution in [2.75, 3.05) is 33.1 Å². The number of nitrogens with zero attached hydrogens (tertiary/aromatic N) is 4. The number of hydrogen-bond donors (Lipinski definition) is 2. The van der Waals surface area contributed by atoms with Gasteiger partial charge in [0.05, 0.1) is 25.9 Å². The lowest BCUT2D eigenvalue weighted by molar-refractivity contribution is 0.0958. The Bertz CT molecular complexity index is 1410. The Hall–Kier alpha value is -4.32. The molecular weight excluding hydrogens is 492 g/mol. The highest BCUT2D eigenvalue weighted by Crippen LogP contribution is 2.40. The van der Waals surface area contributed by atoms with Crippen LogP contribution >= 0.6 is 11.8 Å². The van der Waals surface area contributed by atoms with Crippen LogP contribution in [0.3, 0.4) is 0 Å². The van der Waals surface area contributed by atoms with E-state index in [9.17, 15) is 15.3 Å². The van der Waals surface area contributed by atoms with Crippen molar-refractivity contribution in [1.29, 1.82) is 10.5 Å². The van der Waals surface area contributed by atoms with Gasteiger partial charge in [-0.1, -0.05) is 6.07 Å². The molecule has 1 aromatic carbocycles. The van der Waals surface area contributed by atoms with Gasteiger partial charge in [0.1, 0.15) is 40.3 Å². The Morgan fingerprint density at radius 1 is 1.24 bits per heavy atom. The maximum atomic E-state index is 11.9. The summed E-state index contributed by atoms with van der Waals surface area (Å²) in [6, 6.07) is 13.0. The Labute approximate surface area is 218 Å². The van der Waals surface area contributed by atoms with E-state index in [0.717, 1.165) is 12.0 Å². The van der Waals surface area contributed by atoms with E-state index in [-0.39, 0.29) is 34.6 Å². The average molecular weight is 517 g/mol. The number of aromatic nitrogens is 2. The maximum Gasteiger partial charge on any atom is 0.269 e. The molecule has 3 aromatic rings. The molecule has 0 spiro atoms. The predicted octanol–water partition coefficient (Wildman–Crippen LogP) is 3.30. The van der Waals surface area contributed by atoms with Gasteiger partial charge in [0, 0.05) is 31.0 Å². The van der Waals surface area contributed by atoms with Crippen molar-refractivity contribution < 1.29 is 19.0 Å². The summed E-state index contributed by atoms with van der Waals surface area (Å²) < 4.78 is 16.9. The van der Waals surface area contributed by atoms with Crippen LogP contribution in [0.1, 0.15) is 33.6 Å². The largest absolute Gasteiger partial charge is 0.493 e. The standard InChI is InChI=1S/C26H24N6O4S/c1-30-25(33)20-9-15(5-7-31-20)14-37-26-19(12-28)23(18(11-27)24(29)32-26)16-3-4-21(22(10-16)34-2)36-17-6-8-35-13-17/h3-5,7,9-10,17H,6,8,13-14H2,1-2H3,(H2,29,32)(H,30,33). The molecule has 1 aliphatic heterocycles. The first-order valence-electron chi connectivity index (χ1n) is 11.3. The van der Waals surface area contributed by atoms with Crippen molar-refractivity contribution >= 4 is 23.5 Å². The first-order chi connectivity index (χ1) is 18.0. The molecule has 1 aliphatic rings. The number of ether oxygens (including phenoxy) is 3. The molecule has 0 aliphatic carbocycles. The third kappa shape index (κ3) is 5.59. The van der Waals surface area contributed by atoms with E-state index in [0.29, 0.717) is 46.6 Å². The quantitative estimate of drug-likeness (QED) is 0.426. The molecule has 188 valence electrons. The molecule has 1 atom stereocenters. The number of nitrogen functional groups attached to an aromatic ring is 1. The molecule has 1 amide bonds. The number of thioether (sulfide) groups is 1. The minimum Gasteiger partial charge on any atom is -0.493 e. The minimum absolute atomic E-state index is 0.0159. The molecular formula is C26H24N6O4S. The molecule has 1 fully saturated rings. The van der Waals surface area contributed by atoms with E-state index in [1.807, 2.05) is 0 Å². The second kappa shape index (κ2) is 11.6. The summed E-state index contributed by atoms with van der Waals surface area (Å²) in [6.07, 6.45) is 2.26. The Morgan fingerprint density at radius 2 is 2.05 bits per heavy atom. The van der Waals surface area contributed by atoms with Gasteiger partial charge in [0.25, 0.3) is 5.91 Å². The summed E-state index contributed by atoms with van der Waals surface area (Å²) in [5.41, 5.74) is 8.53. The van der Waals surface area contributed by atoms with Crippen molar-refractivity contribution in [3.8, 4) is 34.8 Å². The van der Waals surface area contributed by atoms with E-state index in [1.54, 1.807) is 36.5 Å². The second-order valence-corrected chi connectivity index (χ2v) is 9.00. The zero-order chi connectivity index (χ0) is 26.4. The molecule has 0 saturated carbocycles. The number of anilines is 1. The molecule has 37 heavy (non-hydrogen) atoms. The van der Waals surface area contributed by atoms with Crippen molar-refractivity contribution in [2.24, 2.45) is 0 Å². The van der Waals surface area contributed by atoms with E-state index >= 15 is 0 Å². The minimum atomic E-state index is -0.297. The van der Waals surface area contributed by atoms with Gasteiger partial charge in [-0.25, -0.2) is 4.98 Å². The number of methoxy groups -OCH3 is 1. The van der Waals surface area contributed by atoms with E-state index < -0.39 is 0 Å². The molecule has 2 aromatic heterocycles. The lowest BCUT2D eigenvalue weighted by atomic mass is 9.96. The number of benzene rings is 1. The van der Waals surface area contributed by atoms with Gasteiger partial charge in [0.2, 0.25) is 0 Å². The molecule has 3 heterocycles. The van der Waals surface area contributed by atoms with Gasteiger partial charge in [0.15, 0.2) is 11.5 Å². The number of pyridine rings is 2. The molecule has 0 bridgehead atoms. The van der Waals surface area contributed by atoms with Crippen LogP contribution in [0.2, 0.25) is 0 Å². The lowest BCUT2D eigenvalue weighted by Gasteiger charge is -2.17.